The Hall–Kier alpha value is -3.36. The smallest absolute Gasteiger partial charge is 0.387 e. The molecule has 0 aliphatic heterocycles. The second-order valence-corrected chi connectivity index (χ2v) is 5.82. The standard InChI is InChI=1S/C19H16F3N3O3/c20-13-6-4-12(5-7-13)18-24-17(28-25-18)3-1-2-16(26)23-14-8-10-15(11-9-14)27-19(21)22/h4-11,19H,1-3H2,(H,23,26). The van der Waals surface area contributed by atoms with Crippen molar-refractivity contribution in [3.8, 4) is 17.1 Å². The lowest BCUT2D eigenvalue weighted by atomic mass is 10.2. The number of carbonyl (C=O) groups excluding carboxylic acids is 1. The number of amides is 1. The number of aryl methyl sites for hydroxylation is 1. The first-order valence-electron chi connectivity index (χ1n) is 8.43. The summed E-state index contributed by atoms with van der Waals surface area (Å²) in [6, 6.07) is 11.4. The minimum atomic E-state index is -2.89. The van der Waals surface area contributed by atoms with Gasteiger partial charge in [0.05, 0.1) is 0 Å². The Labute approximate surface area is 158 Å². The Morgan fingerprint density at radius 1 is 1.11 bits per heavy atom. The monoisotopic (exact) mass is 391 g/mol. The molecule has 28 heavy (non-hydrogen) atoms. The first-order chi connectivity index (χ1) is 13.5. The molecular formula is C19H16F3N3O3. The average molecular weight is 391 g/mol. The molecule has 0 saturated carbocycles. The van der Waals surface area contributed by atoms with E-state index < -0.39 is 6.61 Å². The summed E-state index contributed by atoms with van der Waals surface area (Å²) in [7, 11) is 0. The van der Waals surface area contributed by atoms with E-state index in [1.807, 2.05) is 0 Å². The number of hydrogen-bond donors (Lipinski definition) is 1. The second-order valence-electron chi connectivity index (χ2n) is 5.82. The Morgan fingerprint density at radius 2 is 1.82 bits per heavy atom. The van der Waals surface area contributed by atoms with Gasteiger partial charge in [-0.05, 0) is 55.0 Å². The summed E-state index contributed by atoms with van der Waals surface area (Å²) < 4.78 is 46.5. The van der Waals surface area contributed by atoms with Crippen molar-refractivity contribution in [1.82, 2.24) is 10.1 Å². The summed E-state index contributed by atoms with van der Waals surface area (Å²) in [5.41, 5.74) is 1.11. The summed E-state index contributed by atoms with van der Waals surface area (Å²) in [5.74, 6) is 0.156. The van der Waals surface area contributed by atoms with Crippen molar-refractivity contribution < 1.29 is 27.2 Å². The third kappa shape index (κ3) is 5.57. The highest BCUT2D eigenvalue weighted by Crippen LogP contribution is 2.19. The van der Waals surface area contributed by atoms with Gasteiger partial charge in [-0.1, -0.05) is 5.16 Å². The van der Waals surface area contributed by atoms with Crippen molar-refractivity contribution in [3.05, 3.63) is 60.2 Å². The molecule has 6 nitrogen and oxygen atoms in total. The number of aromatic nitrogens is 2. The lowest BCUT2D eigenvalue weighted by Crippen LogP contribution is -2.11. The highest BCUT2D eigenvalue weighted by Gasteiger charge is 2.10. The topological polar surface area (TPSA) is 77.2 Å². The summed E-state index contributed by atoms with van der Waals surface area (Å²) in [6.45, 7) is -2.89. The molecule has 0 fully saturated rings. The molecule has 3 rings (SSSR count). The van der Waals surface area contributed by atoms with E-state index in [-0.39, 0.29) is 23.9 Å². The zero-order valence-corrected chi connectivity index (χ0v) is 14.6. The Balaban J connectivity index is 1.45. The molecule has 1 N–H and O–H groups in total. The maximum atomic E-state index is 12.9. The minimum absolute atomic E-state index is 0.0151. The molecule has 0 spiro atoms. The minimum Gasteiger partial charge on any atom is -0.435 e. The summed E-state index contributed by atoms with van der Waals surface area (Å²) in [6.07, 6.45) is 1.09. The van der Waals surface area contributed by atoms with Gasteiger partial charge in [-0.25, -0.2) is 4.39 Å². The highest BCUT2D eigenvalue weighted by molar-refractivity contribution is 5.90. The summed E-state index contributed by atoms with van der Waals surface area (Å²) in [5, 5.41) is 6.50. The van der Waals surface area contributed by atoms with Crippen molar-refractivity contribution >= 4 is 11.6 Å². The van der Waals surface area contributed by atoms with Crippen molar-refractivity contribution in [2.45, 2.75) is 25.9 Å². The number of hydrogen-bond acceptors (Lipinski definition) is 5. The van der Waals surface area contributed by atoms with E-state index in [2.05, 4.69) is 20.2 Å². The van der Waals surface area contributed by atoms with E-state index >= 15 is 0 Å². The van der Waals surface area contributed by atoms with E-state index in [1.54, 1.807) is 12.1 Å². The number of benzene rings is 2. The number of anilines is 1. The molecule has 1 heterocycles. The normalized spacial score (nSPS) is 10.9. The van der Waals surface area contributed by atoms with Crippen LogP contribution in [0.1, 0.15) is 18.7 Å². The maximum absolute atomic E-state index is 12.9. The highest BCUT2D eigenvalue weighted by atomic mass is 19.3. The number of nitrogens with one attached hydrogen (secondary N) is 1. The SMILES string of the molecule is O=C(CCCc1nc(-c2ccc(F)cc2)no1)Nc1ccc(OC(F)F)cc1. The Kier molecular flexibility index (Phi) is 6.25. The fraction of sp³-hybridized carbons (Fsp3) is 0.211. The van der Waals surface area contributed by atoms with Crippen LogP contribution >= 0.6 is 0 Å². The molecule has 0 atom stereocenters. The van der Waals surface area contributed by atoms with Gasteiger partial charge >= 0.3 is 6.61 Å². The molecule has 0 radical (unpaired) electrons. The Morgan fingerprint density at radius 3 is 2.50 bits per heavy atom. The number of rotatable bonds is 8. The van der Waals surface area contributed by atoms with E-state index in [9.17, 15) is 18.0 Å². The lowest BCUT2D eigenvalue weighted by molar-refractivity contribution is -0.116. The molecule has 1 aromatic heterocycles. The molecule has 0 unspecified atom stereocenters. The van der Waals surface area contributed by atoms with E-state index in [0.29, 0.717) is 35.8 Å². The quantitative estimate of drug-likeness (QED) is 0.614. The molecule has 2 aromatic carbocycles. The fourth-order valence-corrected chi connectivity index (χ4v) is 2.42. The van der Waals surface area contributed by atoms with Gasteiger partial charge in [-0.3, -0.25) is 4.79 Å². The largest absolute Gasteiger partial charge is 0.435 e. The van der Waals surface area contributed by atoms with Crippen LogP contribution in [0.3, 0.4) is 0 Å². The number of nitrogens with zero attached hydrogens (tertiary/aromatic N) is 2. The molecule has 0 bridgehead atoms. The van der Waals surface area contributed by atoms with Crippen molar-refractivity contribution in [2.24, 2.45) is 0 Å². The predicted molar refractivity (Wildman–Crippen MR) is 94.3 cm³/mol. The summed E-state index contributed by atoms with van der Waals surface area (Å²) in [4.78, 5) is 16.2. The molecular weight excluding hydrogens is 375 g/mol. The molecule has 1 amide bonds. The average Bonchev–Trinajstić information content (AvgIpc) is 3.12. The second kappa shape index (κ2) is 9.03. The molecule has 0 aliphatic carbocycles. The van der Waals surface area contributed by atoms with Gasteiger partial charge in [0.1, 0.15) is 11.6 Å². The number of ether oxygens (including phenoxy) is 1. The lowest BCUT2D eigenvalue weighted by Gasteiger charge is -2.07. The maximum Gasteiger partial charge on any atom is 0.387 e. The Bertz CT molecular complexity index is 912. The molecule has 9 heteroatoms. The van der Waals surface area contributed by atoms with E-state index in [4.69, 9.17) is 4.52 Å². The molecule has 3 aromatic rings. The van der Waals surface area contributed by atoms with Gasteiger partial charge in [-0.2, -0.15) is 13.8 Å². The predicted octanol–water partition coefficient (Wildman–Crippen LogP) is 4.44. The first kappa shape index (κ1) is 19.4. The van der Waals surface area contributed by atoms with Crippen molar-refractivity contribution in [2.75, 3.05) is 5.32 Å². The van der Waals surface area contributed by atoms with Crippen LogP contribution < -0.4 is 10.1 Å². The van der Waals surface area contributed by atoms with Gasteiger partial charge in [0.25, 0.3) is 0 Å². The molecule has 0 saturated heterocycles. The van der Waals surface area contributed by atoms with Gasteiger partial charge in [0.2, 0.25) is 17.6 Å². The molecule has 0 aliphatic rings. The van der Waals surface area contributed by atoms with Crippen LogP contribution in [-0.4, -0.2) is 22.7 Å². The van der Waals surface area contributed by atoms with Crippen LogP contribution in [0.15, 0.2) is 53.1 Å². The van der Waals surface area contributed by atoms with E-state index in [0.717, 1.165) is 0 Å². The number of carbonyl (C=O) groups is 1. The summed E-state index contributed by atoms with van der Waals surface area (Å²) >= 11 is 0. The number of alkyl halides is 2. The first-order valence-corrected chi connectivity index (χ1v) is 8.43. The van der Waals surface area contributed by atoms with Gasteiger partial charge in [0, 0.05) is 24.1 Å². The van der Waals surface area contributed by atoms with Gasteiger partial charge < -0.3 is 14.6 Å². The van der Waals surface area contributed by atoms with E-state index in [1.165, 1.54) is 36.4 Å². The zero-order chi connectivity index (χ0) is 19.9. The van der Waals surface area contributed by atoms with Crippen LogP contribution in [0.4, 0.5) is 18.9 Å². The van der Waals surface area contributed by atoms with Crippen LogP contribution in [0.5, 0.6) is 5.75 Å². The third-order valence-electron chi connectivity index (χ3n) is 3.73. The van der Waals surface area contributed by atoms with Crippen LogP contribution in [0.25, 0.3) is 11.4 Å². The zero-order valence-electron chi connectivity index (χ0n) is 14.6. The van der Waals surface area contributed by atoms with Gasteiger partial charge in [-0.15, -0.1) is 0 Å². The fourth-order valence-electron chi connectivity index (χ4n) is 2.42. The van der Waals surface area contributed by atoms with Crippen molar-refractivity contribution in [3.63, 3.8) is 0 Å². The van der Waals surface area contributed by atoms with Gasteiger partial charge in [0.15, 0.2) is 0 Å². The third-order valence-corrected chi connectivity index (χ3v) is 3.73. The van der Waals surface area contributed by atoms with Crippen molar-refractivity contribution in [1.29, 1.82) is 0 Å². The van der Waals surface area contributed by atoms with Crippen LogP contribution in [0.2, 0.25) is 0 Å². The van der Waals surface area contributed by atoms with Crippen LogP contribution in [0, 0.1) is 5.82 Å². The molecule has 146 valence electrons. The number of halogens is 3. The van der Waals surface area contributed by atoms with Crippen LogP contribution in [-0.2, 0) is 11.2 Å².